The van der Waals surface area contributed by atoms with Gasteiger partial charge in [0, 0.05) is 45.4 Å². The number of hydrogen-bond acceptors (Lipinski definition) is 9. The maximum absolute atomic E-state index is 6.20. The summed E-state index contributed by atoms with van der Waals surface area (Å²) < 4.78 is 6.20. The van der Waals surface area contributed by atoms with Crippen LogP contribution in [0.15, 0.2) is 157 Å². The average Bonchev–Trinajstić information content (AvgIpc) is 3.96. The fraction of sp³-hybridized carbons (Fsp3) is 0.0435. The highest BCUT2D eigenvalue weighted by Gasteiger charge is 2.18. The Morgan fingerprint density at radius 1 is 0.418 bits per heavy atom. The second-order valence-electron chi connectivity index (χ2n) is 12.9. The van der Waals surface area contributed by atoms with Crippen molar-refractivity contribution in [2.45, 2.75) is 6.92 Å². The Hall–Kier alpha value is -6.68. The van der Waals surface area contributed by atoms with Crippen molar-refractivity contribution in [3.05, 3.63) is 162 Å². The van der Waals surface area contributed by atoms with Gasteiger partial charge in [0.1, 0.15) is 15.8 Å². The van der Waals surface area contributed by atoms with Crippen LogP contribution in [0.2, 0.25) is 0 Å². The topological polar surface area (TPSA) is 86.6 Å². The summed E-state index contributed by atoms with van der Waals surface area (Å²) in [7, 11) is 1.74. The molecule has 0 saturated carbocycles. The Labute approximate surface area is 326 Å². The highest BCUT2D eigenvalue weighted by Crippen LogP contribution is 2.42. The zero-order chi connectivity index (χ0) is 37.1. The van der Waals surface area contributed by atoms with E-state index in [0.717, 1.165) is 100 Å². The number of aryl methyl sites for hydroxylation is 1. The molecule has 0 unspecified atom stereocenters. The summed E-state index contributed by atoms with van der Waals surface area (Å²) in [5, 5.41) is 5.89. The minimum Gasteiger partial charge on any atom is -0.495 e. The third-order valence-electron chi connectivity index (χ3n) is 9.18. The van der Waals surface area contributed by atoms with Gasteiger partial charge < -0.3 is 4.74 Å². The molecular weight excluding hydrogens is 717 g/mol. The normalized spacial score (nSPS) is 11.1. The lowest BCUT2D eigenvalue weighted by Gasteiger charge is -2.17. The first-order valence-corrected chi connectivity index (χ1v) is 19.4. The number of rotatable bonds is 9. The monoisotopic (exact) mass is 748 g/mol. The number of thiazole rings is 2. The second kappa shape index (κ2) is 15.0. The summed E-state index contributed by atoms with van der Waals surface area (Å²) in [6.07, 6.45) is 3.56. The molecule has 6 heterocycles. The molecule has 9 rings (SSSR count). The fourth-order valence-electron chi connectivity index (χ4n) is 6.58. The zero-order valence-corrected chi connectivity index (χ0v) is 31.6. The van der Waals surface area contributed by atoms with Crippen molar-refractivity contribution in [1.82, 2.24) is 29.9 Å². The fourth-order valence-corrected chi connectivity index (χ4v) is 8.18. The molecule has 6 aromatic heterocycles. The summed E-state index contributed by atoms with van der Waals surface area (Å²) in [5.74, 6) is 0.809. The van der Waals surface area contributed by atoms with Crippen molar-refractivity contribution >= 4 is 22.7 Å². The molecular formula is C46H32N6OS2. The molecule has 9 aromatic rings. The molecule has 0 aliphatic carbocycles. The third kappa shape index (κ3) is 7.06. The number of hydrogen-bond donors (Lipinski definition) is 0. The quantitative estimate of drug-likeness (QED) is 0.145. The number of aromatic nitrogens is 6. The van der Waals surface area contributed by atoms with E-state index in [2.05, 4.69) is 88.3 Å². The van der Waals surface area contributed by atoms with E-state index in [1.165, 1.54) is 0 Å². The standard InChI is InChI=1S/C46H32N6OS2/c1-29-23-34(30-11-7-13-32(25-30)42-27-54-45(51-42)40-19-9-17-38(49-40)36-15-3-5-21-47-36)44(53-2)35(24-29)31-12-8-14-33(26-31)43-28-55-46(52-43)41-20-10-18-39(50-41)37-16-4-6-22-48-37/h3-28H,1-2H3. The molecule has 7 nitrogen and oxygen atoms in total. The van der Waals surface area contributed by atoms with Gasteiger partial charge in [-0.05, 0) is 96.4 Å². The number of ether oxygens (including phenoxy) is 1. The van der Waals surface area contributed by atoms with Crippen LogP contribution >= 0.6 is 22.7 Å². The van der Waals surface area contributed by atoms with E-state index in [-0.39, 0.29) is 0 Å². The molecule has 9 heteroatoms. The summed E-state index contributed by atoms with van der Waals surface area (Å²) in [6, 6.07) is 44.9. The van der Waals surface area contributed by atoms with E-state index in [1.54, 1.807) is 42.2 Å². The van der Waals surface area contributed by atoms with E-state index < -0.39 is 0 Å². The molecule has 0 spiro atoms. The summed E-state index contributed by atoms with van der Waals surface area (Å²) >= 11 is 3.17. The first kappa shape index (κ1) is 34.1. The molecule has 0 bridgehead atoms. The maximum Gasteiger partial charge on any atom is 0.142 e. The Morgan fingerprint density at radius 3 is 1.31 bits per heavy atom. The van der Waals surface area contributed by atoms with Crippen molar-refractivity contribution in [2.24, 2.45) is 0 Å². The molecule has 0 aliphatic heterocycles. The van der Waals surface area contributed by atoms with Crippen LogP contribution in [0, 0.1) is 6.92 Å². The van der Waals surface area contributed by atoms with Crippen LogP contribution in [-0.4, -0.2) is 37.0 Å². The smallest absolute Gasteiger partial charge is 0.142 e. The predicted octanol–water partition coefficient (Wildman–Crippen LogP) is 11.8. The van der Waals surface area contributed by atoms with Gasteiger partial charge in [0.05, 0.1) is 52.7 Å². The van der Waals surface area contributed by atoms with Gasteiger partial charge in [-0.3, -0.25) is 9.97 Å². The number of nitrogens with zero attached hydrogens (tertiary/aromatic N) is 6. The largest absolute Gasteiger partial charge is 0.495 e. The van der Waals surface area contributed by atoms with Crippen LogP contribution in [0.3, 0.4) is 0 Å². The maximum atomic E-state index is 6.20. The van der Waals surface area contributed by atoms with Crippen molar-refractivity contribution in [1.29, 1.82) is 0 Å². The minimum absolute atomic E-state index is 0.809. The van der Waals surface area contributed by atoms with E-state index in [4.69, 9.17) is 24.7 Å². The van der Waals surface area contributed by atoms with Crippen LogP contribution in [0.5, 0.6) is 5.75 Å². The molecule has 3 aromatic carbocycles. The van der Waals surface area contributed by atoms with Gasteiger partial charge in [-0.15, -0.1) is 22.7 Å². The summed E-state index contributed by atoms with van der Waals surface area (Å²) in [4.78, 5) is 28.7. The Kier molecular flexibility index (Phi) is 9.29. The summed E-state index contributed by atoms with van der Waals surface area (Å²) in [6.45, 7) is 2.12. The lowest BCUT2D eigenvalue weighted by molar-refractivity contribution is 0.418. The highest BCUT2D eigenvalue weighted by molar-refractivity contribution is 7.13. The first-order valence-electron chi connectivity index (χ1n) is 17.7. The zero-order valence-electron chi connectivity index (χ0n) is 29.9. The van der Waals surface area contributed by atoms with E-state index in [9.17, 15) is 0 Å². The molecule has 55 heavy (non-hydrogen) atoms. The van der Waals surface area contributed by atoms with Gasteiger partial charge in [-0.2, -0.15) is 0 Å². The van der Waals surface area contributed by atoms with Crippen molar-refractivity contribution in [3.8, 4) is 94.7 Å². The van der Waals surface area contributed by atoms with Gasteiger partial charge in [0.15, 0.2) is 0 Å². The minimum atomic E-state index is 0.809. The van der Waals surface area contributed by atoms with Gasteiger partial charge in [0.2, 0.25) is 0 Å². The number of benzene rings is 3. The Balaban J connectivity index is 1.02. The Bertz CT molecular complexity index is 2590. The van der Waals surface area contributed by atoms with Gasteiger partial charge in [-0.1, -0.05) is 60.7 Å². The molecule has 0 amide bonds. The van der Waals surface area contributed by atoms with E-state index in [0.29, 0.717) is 0 Å². The van der Waals surface area contributed by atoms with Crippen molar-refractivity contribution in [3.63, 3.8) is 0 Å². The lowest BCUT2D eigenvalue weighted by atomic mass is 9.93. The molecule has 0 atom stereocenters. The lowest BCUT2D eigenvalue weighted by Crippen LogP contribution is -1.94. The predicted molar refractivity (Wildman–Crippen MR) is 224 cm³/mol. The van der Waals surface area contributed by atoms with Crippen LogP contribution in [0.25, 0.3) is 88.9 Å². The molecule has 0 radical (unpaired) electrons. The van der Waals surface area contributed by atoms with E-state index >= 15 is 0 Å². The second-order valence-corrected chi connectivity index (χ2v) is 14.6. The number of methoxy groups -OCH3 is 1. The van der Waals surface area contributed by atoms with Crippen molar-refractivity contribution in [2.75, 3.05) is 7.11 Å². The van der Waals surface area contributed by atoms with E-state index in [1.807, 2.05) is 72.8 Å². The van der Waals surface area contributed by atoms with Crippen LogP contribution in [-0.2, 0) is 0 Å². The third-order valence-corrected chi connectivity index (χ3v) is 10.9. The summed E-state index contributed by atoms with van der Waals surface area (Å²) in [5.41, 5.74) is 14.0. The molecule has 0 aliphatic rings. The molecule has 0 saturated heterocycles. The van der Waals surface area contributed by atoms with Crippen LogP contribution in [0.1, 0.15) is 5.56 Å². The van der Waals surface area contributed by atoms with Crippen LogP contribution < -0.4 is 4.74 Å². The van der Waals surface area contributed by atoms with Crippen LogP contribution in [0.4, 0.5) is 0 Å². The number of pyridine rings is 4. The Morgan fingerprint density at radius 2 is 0.855 bits per heavy atom. The molecule has 0 N–H and O–H groups in total. The molecule has 0 fully saturated rings. The molecule has 264 valence electrons. The van der Waals surface area contributed by atoms with Gasteiger partial charge in [-0.25, -0.2) is 19.9 Å². The SMILES string of the molecule is COc1c(-c2cccc(-c3csc(-c4cccc(-c5ccccn5)n4)n3)c2)cc(C)cc1-c1cccc(-c2csc(-c3cccc(-c4ccccn4)n3)n2)c1. The first-order chi connectivity index (χ1) is 27.1. The average molecular weight is 749 g/mol. The van der Waals surface area contributed by atoms with Gasteiger partial charge >= 0.3 is 0 Å². The van der Waals surface area contributed by atoms with Crippen molar-refractivity contribution < 1.29 is 4.74 Å². The van der Waals surface area contributed by atoms with Gasteiger partial charge in [0.25, 0.3) is 0 Å². The highest BCUT2D eigenvalue weighted by atomic mass is 32.1.